The van der Waals surface area contributed by atoms with Crippen molar-refractivity contribution in [1.29, 1.82) is 0 Å². The summed E-state index contributed by atoms with van der Waals surface area (Å²) >= 11 is 1.71. The van der Waals surface area contributed by atoms with Gasteiger partial charge < -0.3 is 9.80 Å². The molecule has 26 heavy (non-hydrogen) atoms. The zero-order valence-corrected chi connectivity index (χ0v) is 15.5. The minimum atomic E-state index is -0.131. The molecule has 3 heterocycles. The number of fused-ring (bicyclic) bond motifs is 1. The lowest BCUT2D eigenvalue weighted by Crippen LogP contribution is -2.51. The molecule has 0 bridgehead atoms. The SMILES string of the molecule is CCc1ccc2nc(N3CCN(C(=O)C4=NNC(=O)CC4)CC3)sc2c1. The van der Waals surface area contributed by atoms with Gasteiger partial charge in [0.1, 0.15) is 5.71 Å². The number of anilines is 1. The smallest absolute Gasteiger partial charge is 0.270 e. The monoisotopic (exact) mass is 371 g/mol. The predicted octanol–water partition coefficient (Wildman–Crippen LogP) is 1.77. The Bertz CT molecular complexity index is 883. The number of aromatic nitrogens is 1. The first-order valence-electron chi connectivity index (χ1n) is 8.93. The molecule has 0 spiro atoms. The first-order valence-corrected chi connectivity index (χ1v) is 9.75. The van der Waals surface area contributed by atoms with Crippen LogP contribution in [0.1, 0.15) is 25.3 Å². The van der Waals surface area contributed by atoms with Gasteiger partial charge in [-0.15, -0.1) is 0 Å². The summed E-state index contributed by atoms with van der Waals surface area (Å²) in [6, 6.07) is 6.43. The number of nitrogens with zero attached hydrogens (tertiary/aromatic N) is 4. The second-order valence-electron chi connectivity index (χ2n) is 6.52. The molecule has 8 heteroatoms. The van der Waals surface area contributed by atoms with Gasteiger partial charge in [0, 0.05) is 39.0 Å². The Balaban J connectivity index is 1.42. The molecule has 1 fully saturated rings. The van der Waals surface area contributed by atoms with Gasteiger partial charge in [0.15, 0.2) is 5.13 Å². The van der Waals surface area contributed by atoms with Crippen LogP contribution in [0.4, 0.5) is 5.13 Å². The van der Waals surface area contributed by atoms with Crippen molar-refractivity contribution in [3.63, 3.8) is 0 Å². The molecule has 0 aliphatic carbocycles. The molecular weight excluding hydrogens is 350 g/mol. The van der Waals surface area contributed by atoms with E-state index in [1.807, 2.05) is 4.90 Å². The highest BCUT2D eigenvalue weighted by Gasteiger charge is 2.27. The number of aryl methyl sites for hydroxylation is 1. The number of amides is 2. The van der Waals surface area contributed by atoms with Crippen molar-refractivity contribution in [1.82, 2.24) is 15.3 Å². The first kappa shape index (κ1) is 17.0. The van der Waals surface area contributed by atoms with Gasteiger partial charge in [-0.2, -0.15) is 5.10 Å². The average molecular weight is 371 g/mol. The number of nitrogens with one attached hydrogen (secondary N) is 1. The Morgan fingerprint density at radius 1 is 1.23 bits per heavy atom. The number of hydrogen-bond acceptors (Lipinski definition) is 6. The molecule has 2 amide bonds. The number of thiazole rings is 1. The molecule has 0 saturated carbocycles. The number of carbonyl (C=O) groups excluding carboxylic acids is 2. The Morgan fingerprint density at radius 2 is 2.04 bits per heavy atom. The predicted molar refractivity (Wildman–Crippen MR) is 103 cm³/mol. The minimum Gasteiger partial charge on any atom is -0.345 e. The number of hydrogen-bond donors (Lipinski definition) is 1. The summed E-state index contributed by atoms with van der Waals surface area (Å²) in [5.41, 5.74) is 5.20. The summed E-state index contributed by atoms with van der Waals surface area (Å²) in [4.78, 5) is 32.5. The highest BCUT2D eigenvalue weighted by Crippen LogP contribution is 2.30. The van der Waals surface area contributed by atoms with Crippen molar-refractivity contribution in [2.45, 2.75) is 26.2 Å². The number of benzene rings is 1. The van der Waals surface area contributed by atoms with Crippen molar-refractivity contribution in [2.24, 2.45) is 5.10 Å². The molecule has 1 saturated heterocycles. The summed E-state index contributed by atoms with van der Waals surface area (Å²) in [5, 5.41) is 4.93. The van der Waals surface area contributed by atoms with Gasteiger partial charge >= 0.3 is 0 Å². The van der Waals surface area contributed by atoms with E-state index in [0.29, 0.717) is 31.6 Å². The van der Waals surface area contributed by atoms with Crippen LogP contribution in [0.5, 0.6) is 0 Å². The average Bonchev–Trinajstić information content (AvgIpc) is 3.11. The molecule has 2 aliphatic rings. The maximum Gasteiger partial charge on any atom is 0.270 e. The van der Waals surface area contributed by atoms with E-state index in [1.165, 1.54) is 10.3 Å². The molecular formula is C18H21N5O2S. The first-order chi connectivity index (χ1) is 12.6. The topological polar surface area (TPSA) is 77.9 Å². The fourth-order valence-corrected chi connectivity index (χ4v) is 4.30. The van der Waals surface area contributed by atoms with Crippen molar-refractivity contribution < 1.29 is 9.59 Å². The Kier molecular flexibility index (Phi) is 4.58. The molecule has 0 radical (unpaired) electrons. The third-order valence-corrected chi connectivity index (χ3v) is 5.92. The Hall–Kier alpha value is -2.48. The molecule has 0 atom stereocenters. The van der Waals surface area contributed by atoms with Gasteiger partial charge in [0.25, 0.3) is 5.91 Å². The number of hydrazone groups is 1. The Morgan fingerprint density at radius 3 is 2.73 bits per heavy atom. The summed E-state index contributed by atoms with van der Waals surface area (Å²) in [6.45, 7) is 4.95. The van der Waals surface area contributed by atoms with Crippen LogP contribution < -0.4 is 10.3 Å². The van der Waals surface area contributed by atoms with Crippen LogP contribution in [0.15, 0.2) is 23.3 Å². The van der Waals surface area contributed by atoms with Gasteiger partial charge in [0.05, 0.1) is 10.2 Å². The maximum absolute atomic E-state index is 12.5. The van der Waals surface area contributed by atoms with Crippen LogP contribution in [0.25, 0.3) is 10.2 Å². The van der Waals surface area contributed by atoms with Gasteiger partial charge in [-0.25, -0.2) is 10.4 Å². The summed E-state index contributed by atoms with van der Waals surface area (Å²) in [7, 11) is 0. The minimum absolute atomic E-state index is 0.0680. The molecule has 1 N–H and O–H groups in total. The number of piperazine rings is 1. The lowest BCUT2D eigenvalue weighted by Gasteiger charge is -2.34. The third-order valence-electron chi connectivity index (χ3n) is 4.84. The second kappa shape index (κ2) is 7.03. The summed E-state index contributed by atoms with van der Waals surface area (Å²) < 4.78 is 1.21. The fourth-order valence-electron chi connectivity index (χ4n) is 3.22. The quantitative estimate of drug-likeness (QED) is 0.892. The van der Waals surface area contributed by atoms with E-state index in [2.05, 4.69) is 40.5 Å². The summed E-state index contributed by atoms with van der Waals surface area (Å²) in [5.74, 6) is -0.199. The largest absolute Gasteiger partial charge is 0.345 e. The third kappa shape index (κ3) is 3.29. The van der Waals surface area contributed by atoms with Crippen LogP contribution in [0.2, 0.25) is 0 Å². The van der Waals surface area contributed by atoms with E-state index in [0.717, 1.165) is 30.2 Å². The molecule has 0 unspecified atom stereocenters. The van der Waals surface area contributed by atoms with Crippen LogP contribution in [-0.2, 0) is 16.0 Å². The zero-order valence-electron chi connectivity index (χ0n) is 14.7. The van der Waals surface area contributed by atoms with Crippen LogP contribution >= 0.6 is 11.3 Å². The van der Waals surface area contributed by atoms with Crippen LogP contribution in [0, 0.1) is 0 Å². The van der Waals surface area contributed by atoms with Gasteiger partial charge in [-0.05, 0) is 24.1 Å². The molecule has 7 nitrogen and oxygen atoms in total. The van der Waals surface area contributed by atoms with Crippen molar-refractivity contribution in [2.75, 3.05) is 31.1 Å². The lowest BCUT2D eigenvalue weighted by atomic mass is 10.1. The highest BCUT2D eigenvalue weighted by atomic mass is 32.1. The van der Waals surface area contributed by atoms with Gasteiger partial charge in [-0.3, -0.25) is 9.59 Å². The number of carbonyl (C=O) groups is 2. The number of rotatable bonds is 3. The van der Waals surface area contributed by atoms with Gasteiger partial charge in [0.2, 0.25) is 5.91 Å². The van der Waals surface area contributed by atoms with Crippen molar-refractivity contribution >= 4 is 44.2 Å². The normalized spacial score (nSPS) is 18.0. The second-order valence-corrected chi connectivity index (χ2v) is 7.53. The zero-order chi connectivity index (χ0) is 18.1. The molecule has 136 valence electrons. The van der Waals surface area contributed by atoms with Crippen molar-refractivity contribution in [3.8, 4) is 0 Å². The molecule has 2 aliphatic heterocycles. The van der Waals surface area contributed by atoms with E-state index < -0.39 is 0 Å². The fraction of sp³-hybridized carbons (Fsp3) is 0.444. The maximum atomic E-state index is 12.5. The lowest BCUT2D eigenvalue weighted by molar-refractivity contribution is -0.124. The van der Waals surface area contributed by atoms with Gasteiger partial charge in [-0.1, -0.05) is 24.3 Å². The Labute approximate surface area is 155 Å². The van der Waals surface area contributed by atoms with E-state index in [4.69, 9.17) is 4.98 Å². The van der Waals surface area contributed by atoms with Crippen LogP contribution in [0.3, 0.4) is 0 Å². The van der Waals surface area contributed by atoms with Crippen molar-refractivity contribution in [3.05, 3.63) is 23.8 Å². The van der Waals surface area contributed by atoms with E-state index in [9.17, 15) is 9.59 Å². The highest BCUT2D eigenvalue weighted by molar-refractivity contribution is 7.22. The molecule has 1 aromatic carbocycles. The molecule has 2 aromatic rings. The van der Waals surface area contributed by atoms with E-state index >= 15 is 0 Å². The van der Waals surface area contributed by atoms with E-state index in [1.54, 1.807) is 11.3 Å². The standard InChI is InChI=1S/C18H21N5O2S/c1-2-12-3-4-13-15(11-12)26-18(19-13)23-9-7-22(8-10-23)17(25)14-5-6-16(24)21-20-14/h3-4,11H,2,5-10H2,1H3,(H,21,24). The summed E-state index contributed by atoms with van der Waals surface area (Å²) in [6.07, 6.45) is 1.77. The molecule has 1 aromatic heterocycles. The molecule has 4 rings (SSSR count). The van der Waals surface area contributed by atoms with E-state index in [-0.39, 0.29) is 11.8 Å². The van der Waals surface area contributed by atoms with Crippen LogP contribution in [-0.4, -0.2) is 53.6 Å².